The Morgan fingerprint density at radius 3 is 2.65 bits per heavy atom. The molecule has 20 heavy (non-hydrogen) atoms. The van der Waals surface area contributed by atoms with Crippen molar-refractivity contribution in [2.24, 2.45) is 5.92 Å². The number of carbonyl (C=O) groups excluding carboxylic acids is 1. The Morgan fingerprint density at radius 1 is 1.10 bits per heavy atom. The maximum atomic E-state index is 12.7. The summed E-state index contributed by atoms with van der Waals surface area (Å²) in [6, 6.07) is 4.53. The van der Waals surface area contributed by atoms with Crippen molar-refractivity contribution in [3.63, 3.8) is 0 Å². The van der Waals surface area contributed by atoms with Gasteiger partial charge in [-0.3, -0.25) is 4.79 Å². The molecular weight excluding hydrogens is 254 g/mol. The third-order valence-electron chi connectivity index (χ3n) is 4.72. The van der Waals surface area contributed by atoms with Crippen LogP contribution in [-0.2, 0) is 0 Å². The van der Waals surface area contributed by atoms with Crippen molar-refractivity contribution in [3.05, 3.63) is 23.8 Å². The Labute approximate surface area is 119 Å². The van der Waals surface area contributed by atoms with Crippen molar-refractivity contribution in [1.82, 2.24) is 4.90 Å². The molecule has 0 radical (unpaired) electrons. The van der Waals surface area contributed by atoms with E-state index in [0.29, 0.717) is 17.5 Å². The number of phenolic OH excluding ortho intramolecular Hbond substituents is 2. The summed E-state index contributed by atoms with van der Waals surface area (Å²) in [5, 5.41) is 19.2. The van der Waals surface area contributed by atoms with Gasteiger partial charge in [0.2, 0.25) is 0 Å². The number of amides is 1. The Hall–Kier alpha value is -1.71. The summed E-state index contributed by atoms with van der Waals surface area (Å²) in [7, 11) is 0. The van der Waals surface area contributed by atoms with Gasteiger partial charge in [-0.2, -0.15) is 0 Å². The molecule has 1 aliphatic carbocycles. The lowest BCUT2D eigenvalue weighted by Gasteiger charge is -2.44. The van der Waals surface area contributed by atoms with E-state index in [9.17, 15) is 15.0 Å². The van der Waals surface area contributed by atoms with E-state index in [0.717, 1.165) is 19.4 Å². The van der Waals surface area contributed by atoms with Crippen molar-refractivity contribution in [2.45, 2.75) is 44.6 Å². The van der Waals surface area contributed by atoms with Crippen molar-refractivity contribution in [3.8, 4) is 11.5 Å². The number of hydrogen-bond donors (Lipinski definition) is 2. The first-order valence-corrected chi connectivity index (χ1v) is 7.50. The van der Waals surface area contributed by atoms with Gasteiger partial charge in [-0.25, -0.2) is 0 Å². The first-order valence-electron chi connectivity index (χ1n) is 7.50. The molecule has 0 spiro atoms. The predicted molar refractivity (Wildman–Crippen MR) is 75.8 cm³/mol. The molecule has 2 fully saturated rings. The van der Waals surface area contributed by atoms with Crippen LogP contribution < -0.4 is 0 Å². The molecule has 0 unspecified atom stereocenters. The predicted octanol–water partition coefficient (Wildman–Crippen LogP) is 2.89. The molecule has 2 aliphatic rings. The molecule has 2 N–H and O–H groups in total. The fourth-order valence-electron chi connectivity index (χ4n) is 3.73. The van der Waals surface area contributed by atoms with Crippen molar-refractivity contribution in [2.75, 3.05) is 6.54 Å². The zero-order valence-corrected chi connectivity index (χ0v) is 11.6. The number of likely N-dealkylation sites (tertiary alicyclic amines) is 1. The molecule has 1 heterocycles. The van der Waals surface area contributed by atoms with Crippen LogP contribution in [0.25, 0.3) is 0 Å². The second-order valence-electron chi connectivity index (χ2n) is 5.95. The Bertz CT molecular complexity index is 512. The highest BCUT2D eigenvalue weighted by Crippen LogP contribution is 2.36. The monoisotopic (exact) mass is 275 g/mol. The molecule has 4 nitrogen and oxygen atoms in total. The van der Waals surface area contributed by atoms with Crippen LogP contribution in [0.4, 0.5) is 0 Å². The first-order chi connectivity index (χ1) is 9.66. The Morgan fingerprint density at radius 2 is 1.85 bits per heavy atom. The maximum Gasteiger partial charge on any atom is 0.257 e. The van der Waals surface area contributed by atoms with Gasteiger partial charge in [0.15, 0.2) is 0 Å². The topological polar surface area (TPSA) is 60.8 Å². The van der Waals surface area contributed by atoms with Crippen LogP contribution in [0.1, 0.15) is 48.9 Å². The van der Waals surface area contributed by atoms with Gasteiger partial charge in [0.1, 0.15) is 11.5 Å². The minimum absolute atomic E-state index is 0.0202. The zero-order chi connectivity index (χ0) is 14.1. The molecule has 3 rings (SSSR count). The van der Waals surface area contributed by atoms with Crippen LogP contribution >= 0.6 is 0 Å². The number of piperidine rings is 1. The van der Waals surface area contributed by atoms with Crippen molar-refractivity contribution < 1.29 is 15.0 Å². The lowest BCUT2D eigenvalue weighted by molar-refractivity contribution is 0.0388. The fraction of sp³-hybridized carbons (Fsp3) is 0.562. The van der Waals surface area contributed by atoms with Gasteiger partial charge in [0.25, 0.3) is 5.91 Å². The number of rotatable bonds is 1. The Balaban J connectivity index is 1.85. The van der Waals surface area contributed by atoms with E-state index in [4.69, 9.17) is 0 Å². The lowest BCUT2D eigenvalue weighted by Crippen LogP contribution is -2.49. The van der Waals surface area contributed by atoms with E-state index in [2.05, 4.69) is 0 Å². The molecule has 108 valence electrons. The highest BCUT2D eigenvalue weighted by molar-refractivity contribution is 5.97. The quantitative estimate of drug-likeness (QED) is 0.828. The van der Waals surface area contributed by atoms with Gasteiger partial charge in [-0.1, -0.05) is 12.8 Å². The van der Waals surface area contributed by atoms with Gasteiger partial charge in [-0.15, -0.1) is 0 Å². The van der Waals surface area contributed by atoms with E-state index < -0.39 is 0 Å². The number of phenols is 2. The van der Waals surface area contributed by atoms with Crippen LogP contribution in [0.15, 0.2) is 18.2 Å². The molecular formula is C16H21NO3. The van der Waals surface area contributed by atoms with Gasteiger partial charge in [0, 0.05) is 18.7 Å². The van der Waals surface area contributed by atoms with E-state index in [-0.39, 0.29) is 17.4 Å². The highest BCUT2D eigenvalue weighted by Gasteiger charge is 2.36. The van der Waals surface area contributed by atoms with Gasteiger partial charge >= 0.3 is 0 Å². The smallest absolute Gasteiger partial charge is 0.257 e. The second-order valence-corrected chi connectivity index (χ2v) is 5.95. The average Bonchev–Trinajstić information content (AvgIpc) is 2.46. The van der Waals surface area contributed by atoms with Crippen molar-refractivity contribution in [1.29, 1.82) is 0 Å². The molecule has 2 atom stereocenters. The van der Waals surface area contributed by atoms with Crippen LogP contribution in [0.3, 0.4) is 0 Å². The minimum Gasteiger partial charge on any atom is -0.508 e. The van der Waals surface area contributed by atoms with Crippen LogP contribution in [0, 0.1) is 5.92 Å². The lowest BCUT2D eigenvalue weighted by atomic mass is 9.78. The SMILES string of the molecule is O=C(c1ccc(O)cc1O)N1CCC[C@H]2CCCC[C@H]21. The van der Waals surface area contributed by atoms with Gasteiger partial charge < -0.3 is 15.1 Å². The molecule has 1 aliphatic heterocycles. The zero-order valence-electron chi connectivity index (χ0n) is 11.6. The van der Waals surface area contributed by atoms with E-state index in [1.54, 1.807) is 0 Å². The molecule has 1 aromatic carbocycles. The highest BCUT2D eigenvalue weighted by atomic mass is 16.3. The molecule has 1 saturated heterocycles. The van der Waals surface area contributed by atoms with E-state index in [1.807, 2.05) is 4.90 Å². The van der Waals surface area contributed by atoms with Gasteiger partial charge in [0.05, 0.1) is 5.56 Å². The van der Waals surface area contributed by atoms with Crippen LogP contribution in [0.5, 0.6) is 11.5 Å². The fourth-order valence-corrected chi connectivity index (χ4v) is 3.73. The number of nitrogens with zero attached hydrogens (tertiary/aromatic N) is 1. The largest absolute Gasteiger partial charge is 0.508 e. The molecule has 4 heteroatoms. The third kappa shape index (κ3) is 2.35. The summed E-state index contributed by atoms with van der Waals surface area (Å²) < 4.78 is 0. The number of hydrogen-bond acceptors (Lipinski definition) is 3. The van der Waals surface area contributed by atoms with Gasteiger partial charge in [-0.05, 0) is 43.7 Å². The third-order valence-corrected chi connectivity index (χ3v) is 4.72. The normalized spacial score (nSPS) is 26.1. The van der Waals surface area contributed by atoms with Crippen LogP contribution in [0.2, 0.25) is 0 Å². The molecule has 0 bridgehead atoms. The second kappa shape index (κ2) is 5.35. The molecule has 1 aromatic rings. The first kappa shape index (κ1) is 13.3. The van der Waals surface area contributed by atoms with E-state index in [1.165, 1.54) is 43.9 Å². The summed E-state index contributed by atoms with van der Waals surface area (Å²) in [5.41, 5.74) is 0.300. The summed E-state index contributed by atoms with van der Waals surface area (Å²) in [6.07, 6.45) is 7.02. The number of carbonyl (C=O) groups is 1. The maximum absolute atomic E-state index is 12.7. The number of aromatic hydroxyl groups is 2. The molecule has 1 saturated carbocycles. The molecule has 1 amide bonds. The summed E-state index contributed by atoms with van der Waals surface area (Å²) in [5.74, 6) is 0.376. The molecule has 0 aromatic heterocycles. The minimum atomic E-state index is -0.132. The summed E-state index contributed by atoms with van der Waals surface area (Å²) >= 11 is 0. The van der Waals surface area contributed by atoms with Crippen molar-refractivity contribution >= 4 is 5.91 Å². The summed E-state index contributed by atoms with van der Waals surface area (Å²) in [6.45, 7) is 0.778. The Kier molecular flexibility index (Phi) is 3.55. The average molecular weight is 275 g/mol. The number of benzene rings is 1. The standard InChI is InChI=1S/C16H21NO3/c18-12-7-8-13(15(19)10-12)16(20)17-9-3-5-11-4-1-2-6-14(11)17/h7-8,10-11,14,18-19H,1-6,9H2/t11-,14-/m1/s1. The summed E-state index contributed by atoms with van der Waals surface area (Å²) in [4.78, 5) is 14.6. The van der Waals surface area contributed by atoms with E-state index >= 15 is 0 Å². The number of fused-ring (bicyclic) bond motifs is 1. The van der Waals surface area contributed by atoms with Crippen LogP contribution in [-0.4, -0.2) is 33.6 Å².